The number of carbonyl (C=O) groups excluding carboxylic acids is 1. The lowest BCUT2D eigenvalue weighted by atomic mass is 10.1. The van der Waals surface area contributed by atoms with Crippen LogP contribution in [0.3, 0.4) is 0 Å². The molecule has 0 amide bonds. The zero-order valence-electron chi connectivity index (χ0n) is 7.87. The highest BCUT2D eigenvalue weighted by Gasteiger charge is 2.14. The van der Waals surface area contributed by atoms with Crippen LogP contribution in [0.5, 0.6) is 11.5 Å². The summed E-state index contributed by atoms with van der Waals surface area (Å²) in [5, 5.41) is 18.0. The standard InChI is InChI=1S/C10H9NO3/c1-6(12)9-4-8(13)3-7(5-11)10(9)14-2/h3-4,13H,1-2H3. The molecule has 0 saturated heterocycles. The minimum Gasteiger partial charge on any atom is -0.508 e. The van der Waals surface area contributed by atoms with Crippen molar-refractivity contribution >= 4 is 5.78 Å². The maximum atomic E-state index is 11.1. The Balaban J connectivity index is 3.49. The summed E-state index contributed by atoms with van der Waals surface area (Å²) in [6.07, 6.45) is 0. The number of methoxy groups -OCH3 is 1. The summed E-state index contributed by atoms with van der Waals surface area (Å²) < 4.78 is 4.93. The predicted octanol–water partition coefficient (Wildman–Crippen LogP) is 1.48. The Morgan fingerprint density at radius 3 is 2.64 bits per heavy atom. The molecular weight excluding hydrogens is 182 g/mol. The summed E-state index contributed by atoms with van der Waals surface area (Å²) >= 11 is 0. The summed E-state index contributed by atoms with van der Waals surface area (Å²) in [7, 11) is 1.37. The third-order valence-corrected chi connectivity index (χ3v) is 1.78. The van der Waals surface area contributed by atoms with Crippen LogP contribution in [0.25, 0.3) is 0 Å². The molecule has 0 aliphatic rings. The molecule has 0 radical (unpaired) electrons. The lowest BCUT2D eigenvalue weighted by molar-refractivity contribution is 0.101. The van der Waals surface area contributed by atoms with Crippen molar-refractivity contribution in [3.05, 3.63) is 23.3 Å². The van der Waals surface area contributed by atoms with Gasteiger partial charge in [-0.15, -0.1) is 0 Å². The first-order chi connectivity index (χ1) is 6.60. The maximum absolute atomic E-state index is 11.1. The van der Waals surface area contributed by atoms with Gasteiger partial charge in [-0.2, -0.15) is 5.26 Å². The Hall–Kier alpha value is -2.02. The van der Waals surface area contributed by atoms with Crippen LogP contribution in [0.4, 0.5) is 0 Å². The van der Waals surface area contributed by atoms with Crippen LogP contribution >= 0.6 is 0 Å². The molecule has 1 rings (SSSR count). The lowest BCUT2D eigenvalue weighted by Crippen LogP contribution is -1.99. The Morgan fingerprint density at radius 1 is 1.57 bits per heavy atom. The fourth-order valence-electron chi connectivity index (χ4n) is 1.18. The number of carbonyl (C=O) groups is 1. The Labute approximate surface area is 81.4 Å². The van der Waals surface area contributed by atoms with Crippen molar-refractivity contribution in [3.8, 4) is 17.6 Å². The van der Waals surface area contributed by atoms with E-state index in [2.05, 4.69) is 0 Å². The van der Waals surface area contributed by atoms with Crippen molar-refractivity contribution in [2.24, 2.45) is 0 Å². The predicted molar refractivity (Wildman–Crippen MR) is 49.4 cm³/mol. The molecule has 0 atom stereocenters. The number of aromatic hydroxyl groups is 1. The van der Waals surface area contributed by atoms with Crippen LogP contribution in [-0.4, -0.2) is 18.0 Å². The number of nitrogens with zero attached hydrogens (tertiary/aromatic N) is 1. The molecule has 1 aromatic carbocycles. The molecule has 0 saturated carbocycles. The van der Waals surface area contributed by atoms with Gasteiger partial charge in [0, 0.05) is 6.07 Å². The quantitative estimate of drug-likeness (QED) is 0.718. The van der Waals surface area contributed by atoms with E-state index >= 15 is 0 Å². The van der Waals surface area contributed by atoms with Crippen LogP contribution in [0.2, 0.25) is 0 Å². The third-order valence-electron chi connectivity index (χ3n) is 1.78. The molecule has 4 heteroatoms. The Kier molecular flexibility index (Phi) is 2.73. The summed E-state index contributed by atoms with van der Waals surface area (Å²) in [5.41, 5.74) is 0.363. The highest BCUT2D eigenvalue weighted by atomic mass is 16.5. The van der Waals surface area contributed by atoms with Gasteiger partial charge in [0.05, 0.1) is 18.2 Å². The van der Waals surface area contributed by atoms with Gasteiger partial charge in [-0.3, -0.25) is 4.79 Å². The number of ketones is 1. The van der Waals surface area contributed by atoms with Gasteiger partial charge in [0.2, 0.25) is 0 Å². The minimum absolute atomic E-state index is 0.118. The zero-order chi connectivity index (χ0) is 10.7. The molecule has 0 unspecified atom stereocenters. The number of benzene rings is 1. The van der Waals surface area contributed by atoms with Crippen LogP contribution in [0, 0.1) is 11.3 Å². The van der Waals surface area contributed by atoms with Gasteiger partial charge in [-0.05, 0) is 13.0 Å². The molecule has 0 aliphatic heterocycles. The average molecular weight is 191 g/mol. The molecule has 0 heterocycles. The number of ether oxygens (including phenoxy) is 1. The first-order valence-electron chi connectivity index (χ1n) is 3.92. The van der Waals surface area contributed by atoms with Crippen molar-refractivity contribution < 1.29 is 14.6 Å². The first kappa shape index (κ1) is 10.1. The van der Waals surface area contributed by atoms with Gasteiger partial charge in [0.1, 0.15) is 17.6 Å². The molecule has 0 bridgehead atoms. The van der Waals surface area contributed by atoms with E-state index in [0.717, 1.165) is 0 Å². The van der Waals surface area contributed by atoms with Gasteiger partial charge < -0.3 is 9.84 Å². The van der Waals surface area contributed by atoms with Gasteiger partial charge in [-0.1, -0.05) is 0 Å². The molecule has 1 N–H and O–H groups in total. The van der Waals surface area contributed by atoms with E-state index in [1.807, 2.05) is 6.07 Å². The van der Waals surface area contributed by atoms with E-state index in [0.29, 0.717) is 0 Å². The van der Waals surface area contributed by atoms with Crippen molar-refractivity contribution in [1.29, 1.82) is 5.26 Å². The summed E-state index contributed by atoms with van der Waals surface area (Å²) in [4.78, 5) is 11.1. The molecule has 14 heavy (non-hydrogen) atoms. The van der Waals surface area contributed by atoms with E-state index in [-0.39, 0.29) is 28.4 Å². The molecule has 0 fully saturated rings. The van der Waals surface area contributed by atoms with Crippen molar-refractivity contribution in [1.82, 2.24) is 0 Å². The van der Waals surface area contributed by atoms with Crippen LogP contribution in [-0.2, 0) is 0 Å². The highest BCUT2D eigenvalue weighted by Crippen LogP contribution is 2.28. The molecule has 4 nitrogen and oxygen atoms in total. The van der Waals surface area contributed by atoms with E-state index < -0.39 is 0 Å². The topological polar surface area (TPSA) is 70.3 Å². The van der Waals surface area contributed by atoms with Crippen molar-refractivity contribution in [3.63, 3.8) is 0 Å². The fourth-order valence-corrected chi connectivity index (χ4v) is 1.18. The monoisotopic (exact) mass is 191 g/mol. The number of phenolic OH excluding ortho intramolecular Hbond substituents is 1. The second-order valence-electron chi connectivity index (χ2n) is 2.74. The normalized spacial score (nSPS) is 9.21. The Morgan fingerprint density at radius 2 is 2.21 bits per heavy atom. The average Bonchev–Trinajstić information content (AvgIpc) is 2.16. The molecule has 0 aliphatic carbocycles. The van der Waals surface area contributed by atoms with E-state index in [4.69, 9.17) is 10.00 Å². The van der Waals surface area contributed by atoms with Crippen LogP contribution in [0.1, 0.15) is 22.8 Å². The number of rotatable bonds is 2. The van der Waals surface area contributed by atoms with Crippen molar-refractivity contribution in [2.45, 2.75) is 6.92 Å². The minimum atomic E-state index is -0.255. The maximum Gasteiger partial charge on any atom is 0.163 e. The fraction of sp³-hybridized carbons (Fsp3) is 0.200. The van der Waals surface area contributed by atoms with Gasteiger partial charge in [0.15, 0.2) is 5.78 Å². The van der Waals surface area contributed by atoms with E-state index in [1.54, 1.807) is 0 Å². The largest absolute Gasteiger partial charge is 0.508 e. The summed E-state index contributed by atoms with van der Waals surface area (Å²) in [6, 6.07) is 4.38. The summed E-state index contributed by atoms with van der Waals surface area (Å²) in [5.74, 6) is -0.167. The number of hydrogen-bond donors (Lipinski definition) is 1. The highest BCUT2D eigenvalue weighted by molar-refractivity contribution is 5.98. The van der Waals surface area contributed by atoms with Gasteiger partial charge in [-0.25, -0.2) is 0 Å². The number of hydrogen-bond acceptors (Lipinski definition) is 4. The van der Waals surface area contributed by atoms with Gasteiger partial charge in [0.25, 0.3) is 0 Å². The molecule has 0 aromatic heterocycles. The molecule has 0 spiro atoms. The second-order valence-corrected chi connectivity index (χ2v) is 2.74. The SMILES string of the molecule is COc1c(C#N)cc(O)cc1C(C)=O. The Bertz CT molecular complexity index is 418. The first-order valence-corrected chi connectivity index (χ1v) is 3.92. The lowest BCUT2D eigenvalue weighted by Gasteiger charge is -2.07. The van der Waals surface area contributed by atoms with Crippen molar-refractivity contribution in [2.75, 3.05) is 7.11 Å². The molecule has 72 valence electrons. The van der Waals surface area contributed by atoms with E-state index in [1.165, 1.54) is 26.2 Å². The number of phenols is 1. The number of nitriles is 1. The molecule has 1 aromatic rings. The molecular formula is C10H9NO3. The van der Waals surface area contributed by atoms with E-state index in [9.17, 15) is 9.90 Å². The smallest absolute Gasteiger partial charge is 0.163 e. The van der Waals surface area contributed by atoms with Gasteiger partial charge >= 0.3 is 0 Å². The van der Waals surface area contributed by atoms with Crippen LogP contribution in [0.15, 0.2) is 12.1 Å². The second kappa shape index (κ2) is 3.79. The number of Topliss-reactive ketones (excluding diaryl/α,β-unsaturated/α-hetero) is 1. The van der Waals surface area contributed by atoms with Crippen LogP contribution < -0.4 is 4.74 Å². The third kappa shape index (κ3) is 1.67. The summed E-state index contributed by atoms with van der Waals surface area (Å²) in [6.45, 7) is 1.35. The zero-order valence-corrected chi connectivity index (χ0v) is 7.87.